The van der Waals surface area contributed by atoms with E-state index in [4.69, 9.17) is 5.11 Å². The summed E-state index contributed by atoms with van der Waals surface area (Å²) in [7, 11) is 0. The van der Waals surface area contributed by atoms with Gasteiger partial charge in [0.15, 0.2) is 0 Å². The van der Waals surface area contributed by atoms with Crippen LogP contribution in [0, 0.1) is 11.8 Å². The summed E-state index contributed by atoms with van der Waals surface area (Å²) in [5.41, 5.74) is -0.668. The van der Waals surface area contributed by atoms with E-state index < -0.39 is 5.60 Å². The number of hydrogen-bond donors (Lipinski definition) is 2. The van der Waals surface area contributed by atoms with Crippen LogP contribution in [0.15, 0.2) is 12.2 Å². The maximum absolute atomic E-state index is 9.80. The molecule has 12 heavy (non-hydrogen) atoms. The van der Waals surface area contributed by atoms with Crippen molar-refractivity contribution in [1.82, 2.24) is 0 Å². The maximum atomic E-state index is 9.80. The molecule has 1 aliphatic carbocycles. The Labute approximate surface area is 73.9 Å². The molecule has 0 saturated carbocycles. The second-order valence-electron chi connectivity index (χ2n) is 4.15. The van der Waals surface area contributed by atoms with Gasteiger partial charge < -0.3 is 10.2 Å². The Morgan fingerprint density at radius 2 is 1.92 bits per heavy atom. The third-order valence-corrected chi connectivity index (χ3v) is 2.71. The van der Waals surface area contributed by atoms with Crippen molar-refractivity contribution in [3.8, 4) is 0 Å². The van der Waals surface area contributed by atoms with Crippen LogP contribution >= 0.6 is 0 Å². The zero-order valence-corrected chi connectivity index (χ0v) is 7.83. The van der Waals surface area contributed by atoms with Crippen LogP contribution in [0.1, 0.15) is 26.7 Å². The predicted octanol–water partition coefficient (Wildman–Crippen LogP) is 1.33. The monoisotopic (exact) mass is 170 g/mol. The lowest BCUT2D eigenvalue weighted by Gasteiger charge is -2.36. The largest absolute Gasteiger partial charge is 0.396 e. The Bertz CT molecular complexity index is 167. The van der Waals surface area contributed by atoms with Crippen LogP contribution < -0.4 is 0 Å². The summed E-state index contributed by atoms with van der Waals surface area (Å²) in [6.07, 6.45) is 5.96. The molecule has 0 amide bonds. The first-order chi connectivity index (χ1) is 5.55. The van der Waals surface area contributed by atoms with E-state index in [1.807, 2.05) is 13.8 Å². The molecule has 0 spiro atoms. The molecule has 2 heteroatoms. The van der Waals surface area contributed by atoms with Crippen LogP contribution in [-0.4, -0.2) is 22.4 Å². The molecule has 1 aliphatic rings. The molecular formula is C10H18O2. The number of rotatable bonds is 2. The predicted molar refractivity (Wildman–Crippen MR) is 48.7 cm³/mol. The smallest absolute Gasteiger partial charge is 0.0626 e. The van der Waals surface area contributed by atoms with E-state index in [1.165, 1.54) is 0 Å². The lowest BCUT2D eigenvalue weighted by atomic mass is 9.74. The highest BCUT2D eigenvalue weighted by Gasteiger charge is 2.33. The molecule has 1 rings (SSSR count). The van der Waals surface area contributed by atoms with Crippen molar-refractivity contribution in [2.24, 2.45) is 11.8 Å². The van der Waals surface area contributed by atoms with Gasteiger partial charge in [-0.25, -0.2) is 0 Å². The van der Waals surface area contributed by atoms with Crippen LogP contribution in [-0.2, 0) is 0 Å². The van der Waals surface area contributed by atoms with Gasteiger partial charge in [-0.2, -0.15) is 0 Å². The first-order valence-electron chi connectivity index (χ1n) is 4.54. The number of aliphatic hydroxyl groups is 2. The summed E-state index contributed by atoms with van der Waals surface area (Å²) in [5, 5.41) is 18.9. The molecule has 0 fully saturated rings. The van der Waals surface area contributed by atoms with Crippen molar-refractivity contribution in [3.05, 3.63) is 12.2 Å². The van der Waals surface area contributed by atoms with Gasteiger partial charge in [-0.3, -0.25) is 0 Å². The molecule has 0 heterocycles. The Hall–Kier alpha value is -0.340. The Balaban J connectivity index is 2.67. The molecule has 0 aromatic rings. The van der Waals surface area contributed by atoms with E-state index in [2.05, 4.69) is 12.2 Å². The summed E-state index contributed by atoms with van der Waals surface area (Å²) >= 11 is 0. The van der Waals surface area contributed by atoms with Crippen molar-refractivity contribution >= 4 is 0 Å². The molecule has 2 nitrogen and oxygen atoms in total. The topological polar surface area (TPSA) is 40.5 Å². The average Bonchev–Trinajstić information content (AvgIpc) is 2.03. The van der Waals surface area contributed by atoms with Crippen LogP contribution in [0.5, 0.6) is 0 Å². The summed E-state index contributed by atoms with van der Waals surface area (Å²) in [5.74, 6) is 0.433. The van der Waals surface area contributed by atoms with Gasteiger partial charge in [-0.1, -0.05) is 12.2 Å². The Morgan fingerprint density at radius 3 is 2.33 bits per heavy atom. The van der Waals surface area contributed by atoms with Gasteiger partial charge in [-0.15, -0.1) is 0 Å². The molecule has 0 aromatic carbocycles. The third kappa shape index (κ3) is 2.08. The zero-order chi connectivity index (χ0) is 9.19. The maximum Gasteiger partial charge on any atom is 0.0626 e. The summed E-state index contributed by atoms with van der Waals surface area (Å²) in [6, 6.07) is 0. The minimum atomic E-state index is -0.668. The first-order valence-corrected chi connectivity index (χ1v) is 4.54. The lowest BCUT2D eigenvalue weighted by Crippen LogP contribution is -2.38. The summed E-state index contributed by atoms with van der Waals surface area (Å²) in [4.78, 5) is 0. The average molecular weight is 170 g/mol. The fraction of sp³-hybridized carbons (Fsp3) is 0.800. The highest BCUT2D eigenvalue weighted by Crippen LogP contribution is 2.33. The summed E-state index contributed by atoms with van der Waals surface area (Å²) < 4.78 is 0. The lowest BCUT2D eigenvalue weighted by molar-refractivity contribution is -0.0238. The fourth-order valence-corrected chi connectivity index (χ4v) is 1.94. The molecule has 2 N–H and O–H groups in total. The third-order valence-electron chi connectivity index (χ3n) is 2.71. The SMILES string of the molecule is CC(C)(O)[C@@H]1CC=CC[C@@H]1CO. The van der Waals surface area contributed by atoms with Gasteiger partial charge in [0, 0.05) is 6.61 Å². The minimum Gasteiger partial charge on any atom is -0.396 e. The van der Waals surface area contributed by atoms with Gasteiger partial charge in [0.2, 0.25) is 0 Å². The molecule has 0 unspecified atom stereocenters. The second-order valence-corrected chi connectivity index (χ2v) is 4.15. The standard InChI is InChI=1S/C10H18O2/c1-10(2,12)9-6-4-3-5-8(9)7-11/h3-4,8-9,11-12H,5-7H2,1-2H3/t8-,9-/m1/s1. The first kappa shape index (κ1) is 9.75. The molecule has 0 bridgehead atoms. The van der Waals surface area contributed by atoms with Crippen molar-refractivity contribution in [3.63, 3.8) is 0 Å². The van der Waals surface area contributed by atoms with Crippen LogP contribution in [0.3, 0.4) is 0 Å². The van der Waals surface area contributed by atoms with E-state index in [-0.39, 0.29) is 18.4 Å². The Kier molecular flexibility index (Phi) is 2.91. The van der Waals surface area contributed by atoms with Crippen LogP contribution in [0.2, 0.25) is 0 Å². The number of hydrogen-bond acceptors (Lipinski definition) is 2. The van der Waals surface area contributed by atoms with Crippen molar-refractivity contribution in [2.45, 2.75) is 32.3 Å². The van der Waals surface area contributed by atoms with E-state index >= 15 is 0 Å². The highest BCUT2D eigenvalue weighted by atomic mass is 16.3. The van der Waals surface area contributed by atoms with Crippen molar-refractivity contribution < 1.29 is 10.2 Å². The van der Waals surface area contributed by atoms with Gasteiger partial charge in [-0.05, 0) is 38.5 Å². The van der Waals surface area contributed by atoms with Gasteiger partial charge in [0.25, 0.3) is 0 Å². The molecule has 0 saturated heterocycles. The van der Waals surface area contributed by atoms with Crippen molar-refractivity contribution in [2.75, 3.05) is 6.61 Å². The normalized spacial score (nSPS) is 30.7. The molecule has 0 radical (unpaired) electrons. The number of aliphatic hydroxyl groups excluding tert-OH is 1. The highest BCUT2D eigenvalue weighted by molar-refractivity contribution is 4.98. The van der Waals surface area contributed by atoms with E-state index in [0.29, 0.717) is 0 Å². The summed E-state index contributed by atoms with van der Waals surface area (Å²) in [6.45, 7) is 3.82. The van der Waals surface area contributed by atoms with Gasteiger partial charge in [0.1, 0.15) is 0 Å². The molecule has 0 aromatic heterocycles. The molecule has 70 valence electrons. The number of allylic oxidation sites excluding steroid dienone is 2. The van der Waals surface area contributed by atoms with Crippen LogP contribution in [0.25, 0.3) is 0 Å². The Morgan fingerprint density at radius 1 is 1.33 bits per heavy atom. The van der Waals surface area contributed by atoms with E-state index in [0.717, 1.165) is 12.8 Å². The van der Waals surface area contributed by atoms with Crippen molar-refractivity contribution in [1.29, 1.82) is 0 Å². The molecular weight excluding hydrogens is 152 g/mol. The molecule has 2 atom stereocenters. The van der Waals surface area contributed by atoms with Gasteiger partial charge >= 0.3 is 0 Å². The van der Waals surface area contributed by atoms with E-state index in [9.17, 15) is 5.11 Å². The quantitative estimate of drug-likeness (QED) is 0.614. The zero-order valence-electron chi connectivity index (χ0n) is 7.83. The van der Waals surface area contributed by atoms with E-state index in [1.54, 1.807) is 0 Å². The molecule has 0 aliphatic heterocycles. The fourth-order valence-electron chi connectivity index (χ4n) is 1.94. The van der Waals surface area contributed by atoms with Crippen LogP contribution in [0.4, 0.5) is 0 Å². The minimum absolute atomic E-state index is 0.180. The van der Waals surface area contributed by atoms with Gasteiger partial charge in [0.05, 0.1) is 5.60 Å². The second kappa shape index (κ2) is 3.58.